The normalized spacial score (nSPS) is 12.2. The lowest BCUT2D eigenvalue weighted by molar-refractivity contribution is 0.336. The molecule has 0 spiro atoms. The highest BCUT2D eigenvalue weighted by atomic mass is 16.6. The maximum atomic E-state index is 6.64. The van der Waals surface area contributed by atoms with Gasteiger partial charge in [-0.1, -0.05) is 303 Å². The van der Waals surface area contributed by atoms with Gasteiger partial charge >= 0.3 is 0 Å². The first kappa shape index (κ1) is 54.7. The highest BCUT2D eigenvalue weighted by molar-refractivity contribution is 6.48. The number of hydrogen-bond donors (Lipinski definition) is 2. The summed E-state index contributed by atoms with van der Waals surface area (Å²) in [5.74, 6) is 14.5. The summed E-state index contributed by atoms with van der Waals surface area (Å²) < 4.78 is 0. The lowest BCUT2D eigenvalue weighted by Crippen LogP contribution is -2.04. The van der Waals surface area contributed by atoms with Crippen molar-refractivity contribution in [2.75, 3.05) is 0 Å². The summed E-state index contributed by atoms with van der Waals surface area (Å²) >= 11 is 0. The quantitative estimate of drug-likeness (QED) is 0.134. The summed E-state index contributed by atoms with van der Waals surface area (Å²) in [7, 11) is 0. The third-order valence-corrected chi connectivity index (χ3v) is 21.7. The molecule has 98 heavy (non-hydrogen) atoms. The van der Waals surface area contributed by atoms with Gasteiger partial charge in [-0.2, -0.15) is 11.8 Å². The van der Waals surface area contributed by atoms with Crippen LogP contribution in [0.2, 0.25) is 0 Å². The highest BCUT2D eigenvalue weighted by Crippen LogP contribution is 2.63. The van der Waals surface area contributed by atoms with Crippen molar-refractivity contribution in [1.82, 2.24) is 0 Å². The standard InChI is InChI=1S/C94H56N2O2/c95-97-77-51-75-83-67(37-21-39-69(83)87-59(53-23-7-1-8-24-53)43-45-61(89(75)87)55-27-11-3-12-28-55)85(77)65-47-49-73-81-63(65)35-19-41-71(81)91-79(57-31-15-5-16-32-57)92-72-42-20-36-64-66(48-50-74(82(64)72)94(92)80(93(73)91)58-33-17-6-18-34-58)86-68-38-22-40-70-84(68)76(52-78(86)98-96)90-62(56-29-13-4-14-30-56)46-44-60(88(70)90)54-25-9-2-10-26-54/h1-52H,95-96H2. The molecule has 2 aliphatic rings. The van der Waals surface area contributed by atoms with Crippen LogP contribution in [0.5, 0.6) is 11.5 Å². The minimum Gasteiger partial charge on any atom is -0.411 e. The second-order valence-electron chi connectivity index (χ2n) is 26.3. The first-order valence-electron chi connectivity index (χ1n) is 33.6. The molecule has 0 atom stereocenters. The summed E-state index contributed by atoms with van der Waals surface area (Å²) in [6, 6.07) is 116. The number of benzene rings is 17. The molecule has 0 aromatic heterocycles. The van der Waals surface area contributed by atoms with Crippen molar-refractivity contribution in [2.45, 2.75) is 0 Å². The molecule has 454 valence electrons. The van der Waals surface area contributed by atoms with E-state index in [1.807, 2.05) is 0 Å². The van der Waals surface area contributed by atoms with Gasteiger partial charge in [0.2, 0.25) is 0 Å². The van der Waals surface area contributed by atoms with Gasteiger partial charge in [0.05, 0.1) is 0 Å². The van der Waals surface area contributed by atoms with E-state index in [0.717, 1.165) is 77.2 Å². The molecule has 21 rings (SSSR count). The van der Waals surface area contributed by atoms with Crippen molar-refractivity contribution in [3.05, 3.63) is 315 Å². The van der Waals surface area contributed by atoms with E-state index < -0.39 is 0 Å². The van der Waals surface area contributed by atoms with Crippen LogP contribution in [0.3, 0.4) is 0 Å². The van der Waals surface area contributed by atoms with Gasteiger partial charge in [0.25, 0.3) is 0 Å². The molecule has 0 saturated heterocycles. The van der Waals surface area contributed by atoms with Crippen LogP contribution in [0.1, 0.15) is 0 Å². The molecule has 2 aliphatic carbocycles. The van der Waals surface area contributed by atoms with E-state index in [-0.39, 0.29) is 0 Å². The maximum absolute atomic E-state index is 6.64. The van der Waals surface area contributed by atoms with Gasteiger partial charge in [0.15, 0.2) is 11.5 Å². The number of nitrogens with two attached hydrogens (primary N) is 2. The Balaban J connectivity index is 0.833. The zero-order valence-electron chi connectivity index (χ0n) is 53.0. The van der Waals surface area contributed by atoms with Crippen LogP contribution < -0.4 is 21.5 Å². The fraction of sp³-hybridized carbons (Fsp3) is 0. The number of fused-ring (bicyclic) bond motifs is 12. The fourth-order valence-electron chi connectivity index (χ4n) is 17.9. The molecule has 19 aromatic carbocycles. The Morgan fingerprint density at radius 1 is 0.153 bits per heavy atom. The van der Waals surface area contributed by atoms with Crippen LogP contribution in [-0.4, -0.2) is 0 Å². The van der Waals surface area contributed by atoms with Gasteiger partial charge in [-0.05, 0) is 221 Å². The lowest BCUT2D eigenvalue weighted by Gasteiger charge is -2.17. The van der Waals surface area contributed by atoms with Gasteiger partial charge in [-0.3, -0.25) is 0 Å². The van der Waals surface area contributed by atoms with Gasteiger partial charge in [0, 0.05) is 11.1 Å². The monoisotopic (exact) mass is 1240 g/mol. The Labute approximate surface area is 564 Å². The second-order valence-corrected chi connectivity index (χ2v) is 26.3. The van der Waals surface area contributed by atoms with E-state index in [9.17, 15) is 0 Å². The van der Waals surface area contributed by atoms with Crippen LogP contribution in [0.15, 0.2) is 315 Å². The molecule has 0 amide bonds. The number of rotatable bonds is 10. The van der Waals surface area contributed by atoms with Crippen LogP contribution in [-0.2, 0) is 0 Å². The second kappa shape index (κ2) is 20.9. The van der Waals surface area contributed by atoms with Gasteiger partial charge < -0.3 is 9.68 Å². The Morgan fingerprint density at radius 3 is 0.745 bits per heavy atom. The molecule has 0 saturated carbocycles. The average molecular weight is 1250 g/mol. The minimum absolute atomic E-state index is 0.623. The highest BCUT2D eigenvalue weighted by Gasteiger charge is 2.35. The average Bonchev–Trinajstić information content (AvgIpc) is 1.51. The van der Waals surface area contributed by atoms with Gasteiger partial charge in [-0.25, -0.2) is 0 Å². The Morgan fingerprint density at radius 2 is 0.418 bits per heavy atom. The molecule has 19 aromatic rings. The third-order valence-electron chi connectivity index (χ3n) is 21.7. The van der Waals surface area contributed by atoms with E-state index in [2.05, 4.69) is 315 Å². The molecule has 4 heteroatoms. The molecule has 4 nitrogen and oxygen atoms in total. The molecule has 0 aliphatic heterocycles. The molecule has 0 bridgehead atoms. The molecular formula is C94H56N2O2. The Hall–Kier alpha value is -12.7. The first-order chi connectivity index (χ1) is 48.6. The van der Waals surface area contributed by atoms with Crippen LogP contribution in [0, 0.1) is 0 Å². The van der Waals surface area contributed by atoms with Crippen molar-refractivity contribution in [3.8, 4) is 145 Å². The Kier molecular flexibility index (Phi) is 11.7. The predicted octanol–water partition coefficient (Wildman–Crippen LogP) is 24.9. The lowest BCUT2D eigenvalue weighted by atomic mass is 9.87. The van der Waals surface area contributed by atoms with Crippen molar-refractivity contribution < 1.29 is 9.68 Å². The van der Waals surface area contributed by atoms with Crippen molar-refractivity contribution in [2.24, 2.45) is 11.8 Å². The zero-order valence-corrected chi connectivity index (χ0v) is 53.0. The zero-order chi connectivity index (χ0) is 64.4. The summed E-state index contributed by atoms with van der Waals surface area (Å²) in [6.07, 6.45) is 0. The van der Waals surface area contributed by atoms with Gasteiger partial charge in [0.1, 0.15) is 0 Å². The minimum atomic E-state index is 0.623. The van der Waals surface area contributed by atoms with E-state index in [4.69, 9.17) is 21.5 Å². The molecule has 0 heterocycles. The largest absolute Gasteiger partial charge is 0.411 e. The molecular weight excluding hydrogens is 1190 g/mol. The van der Waals surface area contributed by atoms with Crippen LogP contribution >= 0.6 is 0 Å². The summed E-state index contributed by atoms with van der Waals surface area (Å²) in [4.78, 5) is 12.5. The topological polar surface area (TPSA) is 70.5 Å². The van der Waals surface area contributed by atoms with E-state index >= 15 is 0 Å². The fourth-order valence-corrected chi connectivity index (χ4v) is 17.9. The van der Waals surface area contributed by atoms with E-state index in [1.54, 1.807) is 0 Å². The van der Waals surface area contributed by atoms with Crippen molar-refractivity contribution in [3.63, 3.8) is 0 Å². The molecule has 0 fully saturated rings. The van der Waals surface area contributed by atoms with Gasteiger partial charge in [-0.15, -0.1) is 0 Å². The maximum Gasteiger partial charge on any atom is 0.155 e. The van der Waals surface area contributed by atoms with Crippen molar-refractivity contribution in [1.29, 1.82) is 0 Å². The smallest absolute Gasteiger partial charge is 0.155 e. The third kappa shape index (κ3) is 7.44. The Bertz CT molecular complexity index is 6110. The van der Waals surface area contributed by atoms with E-state index in [0.29, 0.717) is 11.5 Å². The van der Waals surface area contributed by atoms with Crippen molar-refractivity contribution >= 4 is 86.2 Å². The molecule has 4 N–H and O–H groups in total. The van der Waals surface area contributed by atoms with Crippen LogP contribution in [0.4, 0.5) is 0 Å². The summed E-state index contributed by atoms with van der Waals surface area (Å²) in [5, 5.41) is 18.9. The number of hydrogen-bond acceptors (Lipinski definition) is 4. The SMILES string of the molecule is NOc1cc2c3c(cccc3c1-c1ccc3c4c(-c5ccccc5)c5c6ccc(-c7c(ON)cc8c9c(cccc79)-c7c(-c9ccccc9)ccc(-c9ccccc9)c7-8)c7cccc(c5c(-c5ccccc5)c4c4cccc1c43)c76)-c1c(-c3ccccc3)ccc(-c3ccccc3)c1-2. The summed E-state index contributed by atoms with van der Waals surface area (Å²) in [6.45, 7) is 0. The van der Waals surface area contributed by atoms with Crippen LogP contribution in [0.25, 0.3) is 220 Å². The predicted molar refractivity (Wildman–Crippen MR) is 411 cm³/mol. The molecule has 0 radical (unpaired) electrons. The molecule has 0 unspecified atom stereocenters. The summed E-state index contributed by atoms with van der Waals surface area (Å²) in [5.41, 5.74) is 27.6. The van der Waals surface area contributed by atoms with E-state index in [1.165, 1.54) is 143 Å². The first-order valence-corrected chi connectivity index (χ1v) is 33.6.